The fourth-order valence-corrected chi connectivity index (χ4v) is 4.19. The zero-order valence-electron chi connectivity index (χ0n) is 20.5. The molecule has 2 aromatic rings. The first-order valence-electron chi connectivity index (χ1n) is 10.9. The van der Waals surface area contributed by atoms with Gasteiger partial charge in [-0.15, -0.1) is 0 Å². The van der Waals surface area contributed by atoms with Gasteiger partial charge in [-0.1, -0.05) is 42.0 Å². The Morgan fingerprint density at radius 3 is 2.12 bits per heavy atom. The van der Waals surface area contributed by atoms with Crippen LogP contribution in [0.4, 0.5) is 5.69 Å². The lowest BCUT2D eigenvalue weighted by molar-refractivity contribution is -0.140. The lowest BCUT2D eigenvalue weighted by Gasteiger charge is -2.33. The molecule has 7 nitrogen and oxygen atoms in total. The third kappa shape index (κ3) is 7.89. The molecule has 0 bridgehead atoms. The second-order valence-electron chi connectivity index (χ2n) is 9.53. The SMILES string of the molecule is Cc1ccc(CN(C(=O)CN(c2cccc(C)c2)S(C)(=O)=O)[C@H](C)C(=O)NC(C)(C)C)cc1. The quantitative estimate of drug-likeness (QED) is 0.637. The van der Waals surface area contributed by atoms with Crippen molar-refractivity contribution in [2.45, 2.75) is 59.7 Å². The van der Waals surface area contributed by atoms with E-state index in [2.05, 4.69) is 5.32 Å². The highest BCUT2D eigenvalue weighted by molar-refractivity contribution is 7.92. The van der Waals surface area contributed by atoms with E-state index in [-0.39, 0.29) is 12.5 Å². The van der Waals surface area contributed by atoms with Crippen molar-refractivity contribution in [1.29, 1.82) is 0 Å². The van der Waals surface area contributed by atoms with Gasteiger partial charge in [-0.05, 0) is 64.8 Å². The van der Waals surface area contributed by atoms with Crippen LogP contribution >= 0.6 is 0 Å². The summed E-state index contributed by atoms with van der Waals surface area (Å²) < 4.78 is 26.2. The number of nitrogens with one attached hydrogen (secondary N) is 1. The van der Waals surface area contributed by atoms with Crippen LogP contribution in [0.3, 0.4) is 0 Å². The van der Waals surface area contributed by atoms with Gasteiger partial charge in [-0.3, -0.25) is 13.9 Å². The summed E-state index contributed by atoms with van der Waals surface area (Å²) in [5, 5.41) is 2.91. The van der Waals surface area contributed by atoms with Crippen molar-refractivity contribution in [3.05, 3.63) is 65.2 Å². The van der Waals surface area contributed by atoms with Gasteiger partial charge in [0, 0.05) is 12.1 Å². The highest BCUT2D eigenvalue weighted by atomic mass is 32.2. The Morgan fingerprint density at radius 2 is 1.61 bits per heavy atom. The highest BCUT2D eigenvalue weighted by Gasteiger charge is 2.31. The summed E-state index contributed by atoms with van der Waals surface area (Å²) in [4.78, 5) is 27.8. The van der Waals surface area contributed by atoms with E-state index in [9.17, 15) is 18.0 Å². The summed E-state index contributed by atoms with van der Waals surface area (Å²) in [5.41, 5.74) is 2.75. The zero-order chi connectivity index (χ0) is 25.0. The van der Waals surface area contributed by atoms with E-state index in [4.69, 9.17) is 0 Å². The Morgan fingerprint density at radius 1 is 1.00 bits per heavy atom. The summed E-state index contributed by atoms with van der Waals surface area (Å²) in [6, 6.07) is 13.9. The summed E-state index contributed by atoms with van der Waals surface area (Å²) in [6.07, 6.45) is 1.07. The average molecular weight is 474 g/mol. The Balaban J connectivity index is 2.39. The average Bonchev–Trinajstić information content (AvgIpc) is 2.68. The number of amides is 2. The Kier molecular flexibility index (Phi) is 8.30. The summed E-state index contributed by atoms with van der Waals surface area (Å²) >= 11 is 0. The smallest absolute Gasteiger partial charge is 0.244 e. The maximum absolute atomic E-state index is 13.5. The minimum atomic E-state index is -3.73. The van der Waals surface area contributed by atoms with Crippen molar-refractivity contribution in [1.82, 2.24) is 10.2 Å². The number of sulfonamides is 1. The molecule has 180 valence electrons. The standard InChI is InChI=1S/C25H35N3O4S/c1-18-11-13-21(14-12-18)16-27(20(3)24(30)26-25(4,5)6)23(29)17-28(33(7,31)32)22-10-8-9-19(2)15-22/h8-15,20H,16-17H2,1-7H3,(H,26,30)/t20-/m1/s1. The van der Waals surface area contributed by atoms with Gasteiger partial charge in [-0.2, -0.15) is 0 Å². The minimum absolute atomic E-state index is 0.184. The van der Waals surface area contributed by atoms with E-state index in [1.165, 1.54) is 4.90 Å². The van der Waals surface area contributed by atoms with Crippen LogP contribution in [0, 0.1) is 13.8 Å². The van der Waals surface area contributed by atoms with Gasteiger partial charge in [-0.25, -0.2) is 8.42 Å². The van der Waals surface area contributed by atoms with E-state index < -0.39 is 34.1 Å². The Bertz CT molecular complexity index is 1090. The van der Waals surface area contributed by atoms with Crippen LogP contribution in [0.2, 0.25) is 0 Å². The van der Waals surface area contributed by atoms with Crippen molar-refractivity contribution in [3.63, 3.8) is 0 Å². The zero-order valence-corrected chi connectivity index (χ0v) is 21.4. The third-order valence-corrected chi connectivity index (χ3v) is 6.25. The largest absolute Gasteiger partial charge is 0.350 e. The maximum atomic E-state index is 13.5. The number of aryl methyl sites for hydroxylation is 2. The van der Waals surface area contributed by atoms with Crippen LogP contribution in [0.25, 0.3) is 0 Å². The molecule has 2 rings (SSSR count). The number of hydrogen-bond donors (Lipinski definition) is 1. The second kappa shape index (κ2) is 10.4. The molecule has 2 amide bonds. The van der Waals surface area contributed by atoms with Crippen molar-refractivity contribution in [2.24, 2.45) is 0 Å². The summed E-state index contributed by atoms with van der Waals surface area (Å²) in [7, 11) is -3.73. The minimum Gasteiger partial charge on any atom is -0.350 e. The summed E-state index contributed by atoms with van der Waals surface area (Å²) in [5.74, 6) is -0.761. The molecular weight excluding hydrogens is 438 g/mol. The number of nitrogens with zero attached hydrogens (tertiary/aromatic N) is 2. The third-order valence-electron chi connectivity index (χ3n) is 5.11. The van der Waals surface area contributed by atoms with Crippen LogP contribution in [0.15, 0.2) is 48.5 Å². The lowest BCUT2D eigenvalue weighted by Crippen LogP contribution is -2.54. The predicted molar refractivity (Wildman–Crippen MR) is 132 cm³/mol. The highest BCUT2D eigenvalue weighted by Crippen LogP contribution is 2.20. The number of carbonyl (C=O) groups excluding carboxylic acids is 2. The topological polar surface area (TPSA) is 86.8 Å². The van der Waals surface area contributed by atoms with Gasteiger partial charge in [0.25, 0.3) is 0 Å². The van der Waals surface area contributed by atoms with Crippen LogP contribution in [-0.4, -0.2) is 49.5 Å². The van der Waals surface area contributed by atoms with Crippen LogP contribution in [0.5, 0.6) is 0 Å². The molecule has 0 spiro atoms. The normalized spacial score (nSPS) is 12.7. The molecule has 0 aliphatic heterocycles. The number of hydrogen-bond acceptors (Lipinski definition) is 4. The van der Waals surface area contributed by atoms with Gasteiger partial charge in [0.05, 0.1) is 11.9 Å². The van der Waals surface area contributed by atoms with Crippen LogP contribution in [-0.2, 0) is 26.2 Å². The Labute approximate surface area is 197 Å². The number of anilines is 1. The first kappa shape index (κ1) is 26.4. The molecule has 2 aromatic carbocycles. The van der Waals surface area contributed by atoms with Crippen molar-refractivity contribution >= 4 is 27.5 Å². The van der Waals surface area contributed by atoms with Crippen molar-refractivity contribution in [2.75, 3.05) is 17.1 Å². The van der Waals surface area contributed by atoms with Gasteiger partial charge in [0.15, 0.2) is 0 Å². The van der Waals surface area contributed by atoms with Gasteiger partial charge in [0.2, 0.25) is 21.8 Å². The van der Waals surface area contributed by atoms with Gasteiger partial charge >= 0.3 is 0 Å². The van der Waals surface area contributed by atoms with E-state index >= 15 is 0 Å². The molecule has 0 aromatic heterocycles. The molecule has 0 aliphatic carbocycles. The molecule has 0 aliphatic rings. The number of carbonyl (C=O) groups is 2. The van der Waals surface area contributed by atoms with Gasteiger partial charge < -0.3 is 10.2 Å². The molecule has 0 radical (unpaired) electrons. The predicted octanol–water partition coefficient (Wildman–Crippen LogP) is 3.40. The van der Waals surface area contributed by atoms with Crippen LogP contribution in [0.1, 0.15) is 44.4 Å². The summed E-state index contributed by atoms with van der Waals surface area (Å²) in [6.45, 7) is 10.9. The molecule has 0 saturated carbocycles. The second-order valence-corrected chi connectivity index (χ2v) is 11.4. The fourth-order valence-electron chi connectivity index (χ4n) is 3.34. The lowest BCUT2D eigenvalue weighted by atomic mass is 10.1. The monoisotopic (exact) mass is 473 g/mol. The van der Waals surface area contributed by atoms with Crippen molar-refractivity contribution in [3.8, 4) is 0 Å². The van der Waals surface area contributed by atoms with Crippen molar-refractivity contribution < 1.29 is 18.0 Å². The number of benzene rings is 2. The molecule has 8 heteroatoms. The molecular formula is C25H35N3O4S. The molecule has 0 heterocycles. The molecule has 0 saturated heterocycles. The molecule has 0 fully saturated rings. The van der Waals surface area contributed by atoms with Gasteiger partial charge in [0.1, 0.15) is 12.6 Å². The van der Waals surface area contributed by atoms with E-state index in [0.717, 1.165) is 27.3 Å². The van der Waals surface area contributed by atoms with Crippen LogP contribution < -0.4 is 9.62 Å². The fraction of sp³-hybridized carbons (Fsp3) is 0.440. The van der Waals surface area contributed by atoms with E-state index in [0.29, 0.717) is 5.69 Å². The molecule has 0 unspecified atom stereocenters. The number of rotatable bonds is 8. The Hall–Kier alpha value is -2.87. The molecule has 1 atom stereocenters. The maximum Gasteiger partial charge on any atom is 0.244 e. The molecule has 33 heavy (non-hydrogen) atoms. The van der Waals surface area contributed by atoms with E-state index in [1.807, 2.05) is 65.0 Å². The van der Waals surface area contributed by atoms with E-state index in [1.54, 1.807) is 25.1 Å². The first-order chi connectivity index (χ1) is 15.2. The molecule has 1 N–H and O–H groups in total. The first-order valence-corrected chi connectivity index (χ1v) is 12.7.